The first kappa shape index (κ1) is 16.5. The minimum atomic E-state index is -4.45. The van der Waals surface area contributed by atoms with Crippen molar-refractivity contribution in [1.29, 1.82) is 0 Å². The Labute approximate surface area is 122 Å². The van der Waals surface area contributed by atoms with E-state index in [9.17, 15) is 26.3 Å². The first-order chi connectivity index (χ1) is 10.1. The number of alkyl halides is 6. The Bertz CT molecular complexity index is 604. The molecule has 0 unspecified atom stereocenters. The lowest BCUT2D eigenvalue weighted by Crippen LogP contribution is -2.16. The van der Waals surface area contributed by atoms with Gasteiger partial charge < -0.3 is 4.74 Å². The summed E-state index contributed by atoms with van der Waals surface area (Å²) in [5, 5.41) is 0. The predicted octanol–water partition coefficient (Wildman–Crippen LogP) is 5.45. The highest BCUT2D eigenvalue weighted by Gasteiger charge is 2.35. The van der Waals surface area contributed by atoms with E-state index in [4.69, 9.17) is 4.74 Å². The molecule has 1 aromatic carbocycles. The zero-order valence-electron chi connectivity index (χ0n) is 11.3. The number of rotatable bonds is 2. The van der Waals surface area contributed by atoms with E-state index in [0.29, 0.717) is 0 Å². The van der Waals surface area contributed by atoms with Gasteiger partial charge in [0.2, 0.25) is 0 Å². The minimum absolute atomic E-state index is 0.127. The monoisotopic (exact) mass is 321 g/mol. The molecule has 1 nitrogen and oxygen atoms in total. The topological polar surface area (TPSA) is 9.23 Å². The normalized spacial score (nSPS) is 16.6. The zero-order chi connectivity index (χ0) is 16.5. The summed E-state index contributed by atoms with van der Waals surface area (Å²) in [6.45, 7) is 1.45. The van der Waals surface area contributed by atoms with Crippen LogP contribution in [0.2, 0.25) is 0 Å². The van der Waals surface area contributed by atoms with Gasteiger partial charge in [0, 0.05) is 12.0 Å². The van der Waals surface area contributed by atoms with Crippen LogP contribution in [-0.4, -0.2) is 6.18 Å². The molecule has 0 amide bonds. The summed E-state index contributed by atoms with van der Waals surface area (Å²) in [6.07, 6.45) is -6.96. The lowest BCUT2D eigenvalue weighted by atomic mass is 9.98. The molecule has 0 aliphatic heterocycles. The minimum Gasteiger partial charge on any atom is -0.461 e. The van der Waals surface area contributed by atoms with Gasteiger partial charge in [0.1, 0.15) is 11.5 Å². The van der Waals surface area contributed by atoms with Crippen LogP contribution in [-0.2, 0) is 6.18 Å². The van der Waals surface area contributed by atoms with E-state index in [0.717, 1.165) is 30.3 Å². The van der Waals surface area contributed by atoms with E-state index < -0.39 is 23.5 Å². The van der Waals surface area contributed by atoms with Crippen molar-refractivity contribution in [2.75, 3.05) is 0 Å². The fourth-order valence-electron chi connectivity index (χ4n) is 1.91. The summed E-state index contributed by atoms with van der Waals surface area (Å²) in [7, 11) is 0. The molecule has 2 rings (SSSR count). The molecule has 0 N–H and O–H groups in total. The number of hydrogen-bond acceptors (Lipinski definition) is 1. The second-order valence-corrected chi connectivity index (χ2v) is 4.75. The maximum atomic E-state index is 12.6. The Morgan fingerprint density at radius 2 is 1.50 bits per heavy atom. The molecule has 0 atom stereocenters. The summed E-state index contributed by atoms with van der Waals surface area (Å²) in [5.41, 5.74) is -1.25. The molecule has 0 fully saturated rings. The van der Waals surface area contributed by atoms with Gasteiger partial charge in [-0.2, -0.15) is 26.3 Å². The van der Waals surface area contributed by atoms with Gasteiger partial charge in [-0.1, -0.05) is 0 Å². The van der Waals surface area contributed by atoms with Crippen LogP contribution in [0.1, 0.15) is 18.9 Å². The molecule has 1 aromatic rings. The van der Waals surface area contributed by atoms with Crippen molar-refractivity contribution >= 4 is 0 Å². The third kappa shape index (κ3) is 3.84. The van der Waals surface area contributed by atoms with Crippen LogP contribution in [0.4, 0.5) is 26.3 Å². The molecule has 1 aliphatic carbocycles. The predicted molar refractivity (Wildman–Crippen MR) is 67.8 cm³/mol. The fraction of sp³-hybridized carbons (Fsp3) is 0.267. The number of hydrogen-bond donors (Lipinski definition) is 0. The first-order valence-electron chi connectivity index (χ1n) is 6.24. The molecule has 119 valence electrons. The summed E-state index contributed by atoms with van der Waals surface area (Å²) in [5.74, 6) is 0.329. The molecule has 1 radical (unpaired) electrons. The average Bonchev–Trinajstić information content (AvgIpc) is 2.39. The quantitative estimate of drug-likeness (QED) is 0.658. The molecule has 0 aromatic heterocycles. The van der Waals surface area contributed by atoms with E-state index in [-0.39, 0.29) is 23.5 Å². The van der Waals surface area contributed by atoms with Crippen LogP contribution in [0.5, 0.6) is 5.75 Å². The molecule has 0 spiro atoms. The van der Waals surface area contributed by atoms with Crippen LogP contribution in [0.3, 0.4) is 0 Å². The van der Waals surface area contributed by atoms with Crippen LogP contribution in [0.25, 0.3) is 0 Å². The Hall–Kier alpha value is -1.92. The average molecular weight is 321 g/mol. The summed E-state index contributed by atoms with van der Waals surface area (Å²) < 4.78 is 80.3. The molecule has 7 heteroatoms. The second-order valence-electron chi connectivity index (χ2n) is 4.75. The lowest BCUT2D eigenvalue weighted by Gasteiger charge is -2.20. The maximum Gasteiger partial charge on any atom is 0.416 e. The van der Waals surface area contributed by atoms with Crippen LogP contribution in [0, 0.1) is 6.42 Å². The van der Waals surface area contributed by atoms with E-state index in [1.54, 1.807) is 0 Å². The van der Waals surface area contributed by atoms with Crippen molar-refractivity contribution in [3.05, 3.63) is 59.2 Å². The SMILES string of the molecule is CC1=C(Oc2ccc(C(F)(F)F)cc2)[CH]CC(C(F)(F)F)=C1. The Morgan fingerprint density at radius 1 is 0.909 bits per heavy atom. The standard InChI is InChI=1S/C15H11F6O/c1-9-8-11(15(19,20)21)4-7-13(9)22-12-5-2-10(3-6-12)14(16,17)18/h2-3,5-8H,4H2,1H3. The van der Waals surface area contributed by atoms with Gasteiger partial charge in [0.05, 0.1) is 5.56 Å². The van der Waals surface area contributed by atoms with Crippen molar-refractivity contribution in [1.82, 2.24) is 0 Å². The Balaban J connectivity index is 2.16. The van der Waals surface area contributed by atoms with E-state index >= 15 is 0 Å². The molecule has 0 bridgehead atoms. The van der Waals surface area contributed by atoms with E-state index in [1.807, 2.05) is 0 Å². The van der Waals surface area contributed by atoms with Gasteiger partial charge in [-0.05, 0) is 49.3 Å². The van der Waals surface area contributed by atoms with Crippen LogP contribution >= 0.6 is 0 Å². The number of ether oxygens (including phenoxy) is 1. The summed E-state index contributed by atoms with van der Waals surface area (Å²) in [4.78, 5) is 0. The molecule has 0 saturated carbocycles. The Kier molecular flexibility index (Phi) is 4.26. The number of allylic oxidation sites excluding steroid dienone is 4. The van der Waals surface area contributed by atoms with Crippen LogP contribution < -0.4 is 4.74 Å². The highest BCUT2D eigenvalue weighted by atomic mass is 19.4. The van der Waals surface area contributed by atoms with Gasteiger partial charge in [-0.15, -0.1) is 0 Å². The Morgan fingerprint density at radius 3 is 1.95 bits per heavy atom. The van der Waals surface area contributed by atoms with Gasteiger partial charge in [-0.3, -0.25) is 0 Å². The van der Waals surface area contributed by atoms with E-state index in [2.05, 4.69) is 0 Å². The zero-order valence-corrected chi connectivity index (χ0v) is 11.3. The maximum absolute atomic E-state index is 12.6. The molecular weight excluding hydrogens is 310 g/mol. The highest BCUT2D eigenvalue weighted by Crippen LogP contribution is 2.36. The smallest absolute Gasteiger partial charge is 0.416 e. The van der Waals surface area contributed by atoms with Crippen molar-refractivity contribution in [2.24, 2.45) is 0 Å². The molecule has 22 heavy (non-hydrogen) atoms. The van der Waals surface area contributed by atoms with Crippen molar-refractivity contribution in [3.8, 4) is 5.75 Å². The molecule has 0 saturated heterocycles. The van der Waals surface area contributed by atoms with Gasteiger partial charge in [0.15, 0.2) is 0 Å². The van der Waals surface area contributed by atoms with Crippen LogP contribution in [0.15, 0.2) is 47.2 Å². The fourth-order valence-corrected chi connectivity index (χ4v) is 1.91. The second kappa shape index (κ2) is 5.70. The van der Waals surface area contributed by atoms with Gasteiger partial charge >= 0.3 is 12.4 Å². The first-order valence-corrected chi connectivity index (χ1v) is 6.24. The summed E-state index contributed by atoms with van der Waals surface area (Å²) in [6, 6.07) is 3.95. The van der Waals surface area contributed by atoms with Gasteiger partial charge in [-0.25, -0.2) is 0 Å². The lowest BCUT2D eigenvalue weighted by molar-refractivity contribution is -0.137. The third-order valence-electron chi connectivity index (χ3n) is 3.06. The van der Waals surface area contributed by atoms with Crippen molar-refractivity contribution < 1.29 is 31.1 Å². The number of halogens is 6. The van der Waals surface area contributed by atoms with Gasteiger partial charge in [0.25, 0.3) is 0 Å². The largest absolute Gasteiger partial charge is 0.461 e. The van der Waals surface area contributed by atoms with Crippen molar-refractivity contribution in [3.63, 3.8) is 0 Å². The molecule has 1 aliphatic rings. The summed E-state index contributed by atoms with van der Waals surface area (Å²) >= 11 is 0. The van der Waals surface area contributed by atoms with Crippen molar-refractivity contribution in [2.45, 2.75) is 25.7 Å². The molecule has 0 heterocycles. The number of benzene rings is 1. The third-order valence-corrected chi connectivity index (χ3v) is 3.06. The van der Waals surface area contributed by atoms with E-state index in [1.165, 1.54) is 13.3 Å². The highest BCUT2D eigenvalue weighted by molar-refractivity contribution is 5.39. The molecular formula is C15H11F6O.